The van der Waals surface area contributed by atoms with Crippen molar-refractivity contribution in [3.8, 4) is 11.3 Å². The second-order valence-corrected chi connectivity index (χ2v) is 7.36. The minimum absolute atomic E-state index is 0.325. The Kier molecular flexibility index (Phi) is 3.45. The van der Waals surface area contributed by atoms with Crippen molar-refractivity contribution in [1.82, 2.24) is 4.98 Å². The molecule has 0 radical (unpaired) electrons. The van der Waals surface area contributed by atoms with E-state index in [1.54, 1.807) is 12.5 Å². The van der Waals surface area contributed by atoms with Crippen LogP contribution in [0.5, 0.6) is 0 Å². The number of hydrogen-bond acceptors (Lipinski definition) is 6. The van der Waals surface area contributed by atoms with Gasteiger partial charge in [-0.1, -0.05) is 0 Å². The lowest BCUT2D eigenvalue weighted by Crippen LogP contribution is -2.10. The van der Waals surface area contributed by atoms with Gasteiger partial charge >= 0.3 is 0 Å². The van der Waals surface area contributed by atoms with Gasteiger partial charge in [-0.2, -0.15) is 0 Å². The van der Waals surface area contributed by atoms with Gasteiger partial charge in [0.15, 0.2) is 0 Å². The molecule has 0 bridgehead atoms. The summed E-state index contributed by atoms with van der Waals surface area (Å²) in [6.07, 6.45) is 6.92. The summed E-state index contributed by atoms with van der Waals surface area (Å²) in [6.45, 7) is 0. The number of aromatic nitrogens is 1. The van der Waals surface area contributed by atoms with Crippen LogP contribution in [0.1, 0.15) is 33.1 Å². The highest BCUT2D eigenvalue weighted by Crippen LogP contribution is 2.46. The van der Waals surface area contributed by atoms with E-state index < -0.39 is 5.91 Å². The average Bonchev–Trinajstić information content (AvgIpc) is 3.42. The molecule has 1 amide bonds. The third kappa shape index (κ3) is 2.39. The number of amides is 1. The van der Waals surface area contributed by atoms with Crippen LogP contribution in [0.2, 0.25) is 0 Å². The van der Waals surface area contributed by atoms with Crippen LogP contribution in [0.25, 0.3) is 33.2 Å². The number of furan rings is 2. The topological polar surface area (TPSA) is 108 Å². The molecule has 4 N–H and O–H groups in total. The predicted octanol–water partition coefficient (Wildman–Crippen LogP) is 4.32. The Morgan fingerprint density at radius 3 is 2.70 bits per heavy atom. The molecule has 0 saturated heterocycles. The van der Waals surface area contributed by atoms with Crippen LogP contribution in [0.15, 0.2) is 45.6 Å². The summed E-state index contributed by atoms with van der Waals surface area (Å²) in [5.74, 6) is 0.939. The molecule has 4 aromatic heterocycles. The first-order valence-electron chi connectivity index (χ1n) is 8.46. The molecule has 1 aliphatic carbocycles. The summed E-state index contributed by atoms with van der Waals surface area (Å²) < 4.78 is 11.1. The first-order valence-corrected chi connectivity index (χ1v) is 9.28. The Bertz CT molecular complexity index is 1200. The Morgan fingerprint density at radius 1 is 1.19 bits per heavy atom. The Labute approximate surface area is 158 Å². The van der Waals surface area contributed by atoms with Crippen LogP contribution in [-0.2, 0) is 6.42 Å². The van der Waals surface area contributed by atoms with E-state index in [1.165, 1.54) is 11.3 Å². The highest BCUT2D eigenvalue weighted by Gasteiger charge is 2.29. The first-order chi connectivity index (χ1) is 13.1. The Hall–Kier alpha value is -3.32. The molecule has 134 valence electrons. The predicted molar refractivity (Wildman–Crippen MR) is 105 cm³/mol. The lowest BCUT2D eigenvalue weighted by Gasteiger charge is -2.09. The van der Waals surface area contributed by atoms with E-state index in [2.05, 4.69) is 0 Å². The fourth-order valence-electron chi connectivity index (χ4n) is 3.64. The minimum atomic E-state index is -0.549. The van der Waals surface area contributed by atoms with Gasteiger partial charge in [0.1, 0.15) is 21.2 Å². The van der Waals surface area contributed by atoms with Crippen molar-refractivity contribution < 1.29 is 13.6 Å². The van der Waals surface area contributed by atoms with Crippen LogP contribution in [0.3, 0.4) is 0 Å². The van der Waals surface area contributed by atoms with Gasteiger partial charge in [-0.3, -0.25) is 4.79 Å². The second kappa shape index (κ2) is 5.85. The second-order valence-electron chi connectivity index (χ2n) is 6.37. The number of allylic oxidation sites excluding steroid dienone is 1. The molecular formula is C20H15N3O3S. The van der Waals surface area contributed by atoms with Crippen LogP contribution < -0.4 is 11.5 Å². The maximum absolute atomic E-state index is 11.8. The summed E-state index contributed by atoms with van der Waals surface area (Å²) >= 11 is 1.22. The smallest absolute Gasteiger partial charge is 0.260 e. The van der Waals surface area contributed by atoms with Crippen molar-refractivity contribution in [3.05, 3.63) is 58.7 Å². The van der Waals surface area contributed by atoms with Gasteiger partial charge in [-0.25, -0.2) is 4.98 Å². The Balaban J connectivity index is 1.83. The maximum Gasteiger partial charge on any atom is 0.260 e. The number of carbonyl (C=O) groups excluding carboxylic acids is 1. The molecule has 0 aromatic carbocycles. The largest absolute Gasteiger partial charge is 0.465 e. The summed E-state index contributed by atoms with van der Waals surface area (Å²) in [4.78, 5) is 17.6. The molecule has 0 atom stereocenters. The van der Waals surface area contributed by atoms with Gasteiger partial charge in [-0.15, -0.1) is 11.3 Å². The molecule has 0 saturated carbocycles. The lowest BCUT2D eigenvalue weighted by molar-refractivity contribution is 0.100. The number of pyridine rings is 1. The number of thiophene rings is 1. The molecule has 0 unspecified atom stereocenters. The van der Waals surface area contributed by atoms with E-state index in [-0.39, 0.29) is 0 Å². The van der Waals surface area contributed by atoms with E-state index in [0.29, 0.717) is 21.2 Å². The number of primary amides is 1. The monoisotopic (exact) mass is 377 g/mol. The highest BCUT2D eigenvalue weighted by atomic mass is 32.1. The molecule has 7 heteroatoms. The number of anilines is 1. The number of fused-ring (bicyclic) bond motifs is 2. The molecule has 0 spiro atoms. The van der Waals surface area contributed by atoms with E-state index >= 15 is 0 Å². The van der Waals surface area contributed by atoms with E-state index in [0.717, 1.165) is 46.4 Å². The molecule has 6 nitrogen and oxygen atoms in total. The number of carbonyl (C=O) groups is 1. The molecule has 1 aliphatic rings. The quantitative estimate of drug-likeness (QED) is 0.553. The highest BCUT2D eigenvalue weighted by molar-refractivity contribution is 7.21. The zero-order valence-corrected chi connectivity index (χ0v) is 15.0. The van der Waals surface area contributed by atoms with Crippen molar-refractivity contribution in [2.45, 2.75) is 12.8 Å². The van der Waals surface area contributed by atoms with Gasteiger partial charge in [0, 0.05) is 10.9 Å². The number of hydrogen-bond donors (Lipinski definition) is 2. The molecule has 0 fully saturated rings. The van der Waals surface area contributed by atoms with Gasteiger partial charge in [0.25, 0.3) is 5.91 Å². The summed E-state index contributed by atoms with van der Waals surface area (Å²) in [6, 6.07) is 7.49. The van der Waals surface area contributed by atoms with E-state index in [1.807, 2.05) is 30.3 Å². The number of nitrogens with zero attached hydrogens (tertiary/aromatic N) is 1. The van der Waals surface area contributed by atoms with Crippen LogP contribution in [0.4, 0.5) is 5.69 Å². The summed E-state index contributed by atoms with van der Waals surface area (Å²) in [5.41, 5.74) is 16.1. The Morgan fingerprint density at radius 2 is 2.00 bits per heavy atom. The number of rotatable bonds is 3. The third-order valence-corrected chi connectivity index (χ3v) is 5.89. The zero-order chi connectivity index (χ0) is 18.5. The van der Waals surface area contributed by atoms with Crippen molar-refractivity contribution in [2.24, 2.45) is 5.73 Å². The van der Waals surface area contributed by atoms with E-state index in [4.69, 9.17) is 25.3 Å². The van der Waals surface area contributed by atoms with Crippen LogP contribution in [0, 0.1) is 0 Å². The summed E-state index contributed by atoms with van der Waals surface area (Å²) in [5, 5.41) is 0.738. The SMILES string of the molecule is NC(=O)c1sc2nc3c(c(-c4ccco4)c2c1N)CCC3=Cc1ccco1. The van der Waals surface area contributed by atoms with Crippen molar-refractivity contribution in [1.29, 1.82) is 0 Å². The third-order valence-electron chi connectivity index (χ3n) is 4.78. The van der Waals surface area contributed by atoms with E-state index in [9.17, 15) is 4.79 Å². The van der Waals surface area contributed by atoms with Gasteiger partial charge < -0.3 is 20.3 Å². The van der Waals surface area contributed by atoms with Crippen LogP contribution >= 0.6 is 11.3 Å². The molecule has 5 rings (SSSR count). The molecule has 4 heterocycles. The van der Waals surface area contributed by atoms with Crippen LogP contribution in [-0.4, -0.2) is 10.9 Å². The normalized spacial score (nSPS) is 14.9. The van der Waals surface area contributed by atoms with Gasteiger partial charge in [-0.05, 0) is 54.3 Å². The maximum atomic E-state index is 11.8. The van der Waals surface area contributed by atoms with Crippen molar-refractivity contribution in [2.75, 3.05) is 5.73 Å². The molecule has 27 heavy (non-hydrogen) atoms. The fourth-order valence-corrected chi connectivity index (χ4v) is 4.60. The average molecular weight is 377 g/mol. The van der Waals surface area contributed by atoms with Crippen molar-refractivity contribution >= 4 is 44.8 Å². The number of nitrogen functional groups attached to an aromatic ring is 1. The standard InChI is InChI=1S/C20H15N3O3S/c21-16-15-14(13-4-2-8-26-13)12-6-5-10(9-11-3-1-7-25-11)17(12)23-20(15)27-18(16)19(22)24/h1-4,7-9H,5-6,21H2,(H2,22,24). The lowest BCUT2D eigenvalue weighted by atomic mass is 10.0. The van der Waals surface area contributed by atoms with Gasteiger partial charge in [0.2, 0.25) is 0 Å². The first kappa shape index (κ1) is 15.9. The van der Waals surface area contributed by atoms with Gasteiger partial charge in [0.05, 0.1) is 23.9 Å². The minimum Gasteiger partial charge on any atom is -0.465 e. The zero-order valence-electron chi connectivity index (χ0n) is 14.2. The summed E-state index contributed by atoms with van der Waals surface area (Å²) in [7, 11) is 0. The molecule has 0 aliphatic heterocycles. The molecule has 4 aromatic rings. The molecular weight excluding hydrogens is 362 g/mol. The van der Waals surface area contributed by atoms with Crippen molar-refractivity contribution in [3.63, 3.8) is 0 Å². The number of nitrogens with two attached hydrogens (primary N) is 2. The fraction of sp³-hybridized carbons (Fsp3) is 0.100.